The van der Waals surface area contributed by atoms with E-state index in [4.69, 9.17) is 0 Å². The summed E-state index contributed by atoms with van der Waals surface area (Å²) in [6, 6.07) is 18.2. The van der Waals surface area contributed by atoms with Gasteiger partial charge in [0.2, 0.25) is 0 Å². The van der Waals surface area contributed by atoms with E-state index < -0.39 is 0 Å². The number of aromatic nitrogens is 3. The Bertz CT molecular complexity index is 1140. The lowest BCUT2D eigenvalue weighted by Gasteiger charge is -2.27. The maximum Gasteiger partial charge on any atom is 0.257 e. The van der Waals surface area contributed by atoms with E-state index in [0.717, 1.165) is 23.3 Å². The quantitative estimate of drug-likeness (QED) is 0.593. The molecular formula is C22H20N4O. The molecule has 0 bridgehead atoms. The number of para-hydroxylation sites is 2. The molecule has 1 aliphatic heterocycles. The molecule has 1 N–H and O–H groups in total. The van der Waals surface area contributed by atoms with E-state index in [1.165, 1.54) is 16.6 Å². The summed E-state index contributed by atoms with van der Waals surface area (Å²) in [7, 11) is 0. The van der Waals surface area contributed by atoms with Gasteiger partial charge in [-0.2, -0.15) is 5.10 Å². The fourth-order valence-corrected chi connectivity index (χ4v) is 3.96. The zero-order valence-corrected chi connectivity index (χ0v) is 15.1. The highest BCUT2D eigenvalue weighted by Gasteiger charge is 2.27. The number of carbonyl (C=O) groups is 1. The number of H-pyrrole nitrogens is 1. The smallest absolute Gasteiger partial charge is 0.257 e. The molecule has 0 saturated heterocycles. The monoisotopic (exact) mass is 356 g/mol. The molecule has 4 aromatic rings. The highest BCUT2D eigenvalue weighted by molar-refractivity contribution is 5.96. The Hall–Kier alpha value is -3.34. The molecule has 5 rings (SSSR count). The van der Waals surface area contributed by atoms with Crippen molar-refractivity contribution in [1.29, 1.82) is 0 Å². The van der Waals surface area contributed by atoms with Gasteiger partial charge < -0.3 is 9.88 Å². The summed E-state index contributed by atoms with van der Waals surface area (Å²) in [5, 5.41) is 5.66. The van der Waals surface area contributed by atoms with E-state index in [1.807, 2.05) is 59.0 Å². The molecule has 2 aromatic heterocycles. The number of aromatic amines is 1. The Morgan fingerprint density at radius 2 is 1.85 bits per heavy atom. The topological polar surface area (TPSA) is 53.9 Å². The predicted molar refractivity (Wildman–Crippen MR) is 105 cm³/mol. The van der Waals surface area contributed by atoms with Crippen molar-refractivity contribution in [2.45, 2.75) is 19.9 Å². The first-order chi connectivity index (χ1) is 13.2. The third kappa shape index (κ3) is 2.54. The van der Waals surface area contributed by atoms with Gasteiger partial charge in [0.25, 0.3) is 5.91 Å². The number of nitrogens with zero attached hydrogens (tertiary/aromatic N) is 3. The zero-order chi connectivity index (χ0) is 18.4. The van der Waals surface area contributed by atoms with Gasteiger partial charge in [0.1, 0.15) is 0 Å². The van der Waals surface area contributed by atoms with Crippen LogP contribution in [0.4, 0.5) is 0 Å². The highest BCUT2D eigenvalue weighted by atomic mass is 16.2. The minimum Gasteiger partial charge on any atom is -0.358 e. The van der Waals surface area contributed by atoms with Crippen LogP contribution in [-0.4, -0.2) is 32.1 Å². The SMILES string of the molecule is Cc1c(C(=O)N2CCc3[nH]c4ccccc4c3C2)cnn1-c1ccccc1. The minimum atomic E-state index is 0.0469. The largest absolute Gasteiger partial charge is 0.358 e. The average Bonchev–Trinajstić information content (AvgIpc) is 3.28. The van der Waals surface area contributed by atoms with Gasteiger partial charge in [-0.3, -0.25) is 4.79 Å². The van der Waals surface area contributed by atoms with Crippen molar-refractivity contribution in [2.24, 2.45) is 0 Å². The average molecular weight is 356 g/mol. The molecule has 2 aromatic carbocycles. The van der Waals surface area contributed by atoms with Crippen LogP contribution in [0.1, 0.15) is 27.3 Å². The second-order valence-electron chi connectivity index (χ2n) is 7.00. The second-order valence-corrected chi connectivity index (χ2v) is 7.00. The summed E-state index contributed by atoms with van der Waals surface area (Å²) < 4.78 is 1.83. The maximum atomic E-state index is 13.2. The van der Waals surface area contributed by atoms with Crippen molar-refractivity contribution >= 4 is 16.8 Å². The van der Waals surface area contributed by atoms with Gasteiger partial charge in [-0.15, -0.1) is 0 Å². The molecule has 5 nitrogen and oxygen atoms in total. The molecular weight excluding hydrogens is 336 g/mol. The third-order valence-corrected chi connectivity index (χ3v) is 5.41. The summed E-state index contributed by atoms with van der Waals surface area (Å²) in [5.74, 6) is 0.0469. The molecule has 0 aliphatic carbocycles. The molecule has 0 fully saturated rings. The molecule has 0 spiro atoms. The molecule has 5 heteroatoms. The molecule has 0 atom stereocenters. The number of fused-ring (bicyclic) bond motifs is 3. The summed E-state index contributed by atoms with van der Waals surface area (Å²) >= 11 is 0. The van der Waals surface area contributed by atoms with Crippen LogP contribution in [0.25, 0.3) is 16.6 Å². The van der Waals surface area contributed by atoms with Gasteiger partial charge in [0.15, 0.2) is 0 Å². The molecule has 0 unspecified atom stereocenters. The predicted octanol–water partition coefficient (Wildman–Crippen LogP) is 3.86. The van der Waals surface area contributed by atoms with Crippen LogP contribution < -0.4 is 0 Å². The standard InChI is InChI=1S/C22H20N4O/c1-15-18(13-23-26(15)16-7-3-2-4-8-16)22(27)25-12-11-21-19(14-25)17-9-5-6-10-20(17)24-21/h2-10,13,24H,11-12,14H2,1H3. The van der Waals surface area contributed by atoms with Gasteiger partial charge >= 0.3 is 0 Å². The Morgan fingerprint density at radius 3 is 2.70 bits per heavy atom. The summed E-state index contributed by atoms with van der Waals surface area (Å²) in [6.07, 6.45) is 2.54. The highest BCUT2D eigenvalue weighted by Crippen LogP contribution is 2.28. The fourth-order valence-electron chi connectivity index (χ4n) is 3.96. The maximum absolute atomic E-state index is 13.2. The van der Waals surface area contributed by atoms with E-state index in [-0.39, 0.29) is 5.91 Å². The normalized spacial score (nSPS) is 13.7. The van der Waals surface area contributed by atoms with Gasteiger partial charge in [0, 0.05) is 41.7 Å². The molecule has 0 saturated carbocycles. The van der Waals surface area contributed by atoms with Crippen molar-refractivity contribution in [3.05, 3.63) is 83.3 Å². The van der Waals surface area contributed by atoms with Crippen molar-refractivity contribution in [1.82, 2.24) is 19.7 Å². The van der Waals surface area contributed by atoms with Gasteiger partial charge in [-0.05, 0) is 25.1 Å². The zero-order valence-electron chi connectivity index (χ0n) is 15.1. The number of hydrogen-bond acceptors (Lipinski definition) is 2. The van der Waals surface area contributed by atoms with E-state index in [1.54, 1.807) is 6.20 Å². The van der Waals surface area contributed by atoms with E-state index in [9.17, 15) is 4.79 Å². The first-order valence-corrected chi connectivity index (χ1v) is 9.20. The van der Waals surface area contributed by atoms with Gasteiger partial charge in [-0.1, -0.05) is 36.4 Å². The van der Waals surface area contributed by atoms with E-state index >= 15 is 0 Å². The number of amides is 1. The van der Waals surface area contributed by atoms with Gasteiger partial charge in [0.05, 0.1) is 23.1 Å². The van der Waals surface area contributed by atoms with Crippen LogP contribution >= 0.6 is 0 Å². The third-order valence-electron chi connectivity index (χ3n) is 5.41. The first kappa shape index (κ1) is 15.9. The number of nitrogens with one attached hydrogen (secondary N) is 1. The molecule has 27 heavy (non-hydrogen) atoms. The second kappa shape index (κ2) is 6.13. The van der Waals surface area contributed by atoms with E-state index in [0.29, 0.717) is 18.7 Å². The molecule has 134 valence electrons. The lowest BCUT2D eigenvalue weighted by Crippen LogP contribution is -2.36. The van der Waals surface area contributed by atoms with Crippen molar-refractivity contribution in [3.63, 3.8) is 0 Å². The molecule has 1 aliphatic rings. The van der Waals surface area contributed by atoms with Crippen LogP contribution in [0.5, 0.6) is 0 Å². The molecule has 3 heterocycles. The Kier molecular flexibility index (Phi) is 3.60. The number of benzene rings is 2. The number of hydrogen-bond donors (Lipinski definition) is 1. The fraction of sp³-hybridized carbons (Fsp3) is 0.182. The van der Waals surface area contributed by atoms with E-state index in [2.05, 4.69) is 22.2 Å². The summed E-state index contributed by atoms with van der Waals surface area (Å²) in [4.78, 5) is 18.6. The van der Waals surface area contributed by atoms with Crippen molar-refractivity contribution in [2.75, 3.05) is 6.54 Å². The Balaban J connectivity index is 1.46. The van der Waals surface area contributed by atoms with Crippen LogP contribution in [0.2, 0.25) is 0 Å². The Labute approximate surface area is 157 Å². The van der Waals surface area contributed by atoms with Crippen LogP contribution in [-0.2, 0) is 13.0 Å². The lowest BCUT2D eigenvalue weighted by atomic mass is 10.0. The number of rotatable bonds is 2. The molecule has 0 radical (unpaired) electrons. The van der Waals surface area contributed by atoms with Crippen LogP contribution in [0, 0.1) is 6.92 Å². The van der Waals surface area contributed by atoms with Crippen molar-refractivity contribution in [3.8, 4) is 5.69 Å². The Morgan fingerprint density at radius 1 is 1.07 bits per heavy atom. The van der Waals surface area contributed by atoms with Crippen LogP contribution in [0.3, 0.4) is 0 Å². The summed E-state index contributed by atoms with van der Waals surface area (Å²) in [6.45, 7) is 3.30. The first-order valence-electron chi connectivity index (χ1n) is 9.20. The van der Waals surface area contributed by atoms with Crippen molar-refractivity contribution < 1.29 is 4.79 Å². The number of carbonyl (C=O) groups excluding carboxylic acids is 1. The lowest BCUT2D eigenvalue weighted by molar-refractivity contribution is 0.0734. The minimum absolute atomic E-state index is 0.0469. The molecule has 1 amide bonds. The summed E-state index contributed by atoms with van der Waals surface area (Å²) in [5.41, 5.74) is 6.13. The van der Waals surface area contributed by atoms with Gasteiger partial charge in [-0.25, -0.2) is 4.68 Å². The van der Waals surface area contributed by atoms with Crippen LogP contribution in [0.15, 0.2) is 60.8 Å².